The molecular formula is C13H19NO3. The van der Waals surface area contributed by atoms with E-state index in [0.717, 1.165) is 29.9 Å². The van der Waals surface area contributed by atoms with Crippen molar-refractivity contribution in [2.75, 3.05) is 6.61 Å². The summed E-state index contributed by atoms with van der Waals surface area (Å²) < 4.78 is 5.67. The summed E-state index contributed by atoms with van der Waals surface area (Å²) in [5.41, 5.74) is 1.16. The number of fused-ring (bicyclic) bond motifs is 1. The topological polar surface area (TPSA) is 62.5 Å². The molecule has 1 aliphatic carbocycles. The van der Waals surface area contributed by atoms with Crippen LogP contribution in [0.1, 0.15) is 43.4 Å². The molecule has 0 fully saturated rings. The van der Waals surface area contributed by atoms with Crippen LogP contribution in [0.4, 0.5) is 0 Å². The molecule has 4 heteroatoms. The van der Waals surface area contributed by atoms with Crippen LogP contribution in [0.2, 0.25) is 0 Å². The molecule has 2 rings (SSSR count). The van der Waals surface area contributed by atoms with Gasteiger partial charge < -0.3 is 14.8 Å². The Balaban J connectivity index is 2.29. The van der Waals surface area contributed by atoms with Crippen LogP contribution < -0.4 is 5.32 Å². The molecule has 1 aliphatic rings. The molecule has 0 bridgehead atoms. The number of aliphatic hydroxyl groups excluding tert-OH is 1. The number of hydrogen-bond acceptors (Lipinski definition) is 3. The second kappa shape index (κ2) is 4.18. The van der Waals surface area contributed by atoms with Crippen molar-refractivity contribution >= 4 is 5.91 Å². The van der Waals surface area contributed by atoms with Crippen LogP contribution in [0.5, 0.6) is 0 Å². The van der Waals surface area contributed by atoms with E-state index >= 15 is 0 Å². The number of hydrogen-bond donors (Lipinski definition) is 2. The van der Waals surface area contributed by atoms with Crippen molar-refractivity contribution in [2.45, 2.75) is 39.7 Å². The molecule has 1 aromatic heterocycles. The summed E-state index contributed by atoms with van der Waals surface area (Å²) in [4.78, 5) is 11.3. The molecule has 1 atom stereocenters. The zero-order valence-electron chi connectivity index (χ0n) is 10.5. The van der Waals surface area contributed by atoms with Gasteiger partial charge in [-0.2, -0.15) is 0 Å². The molecule has 4 nitrogen and oxygen atoms in total. The summed E-state index contributed by atoms with van der Waals surface area (Å²) in [5, 5.41) is 11.7. The zero-order valence-corrected chi connectivity index (χ0v) is 10.5. The van der Waals surface area contributed by atoms with Gasteiger partial charge in [-0.1, -0.05) is 13.8 Å². The Kier molecular flexibility index (Phi) is 3.00. The van der Waals surface area contributed by atoms with E-state index in [0.29, 0.717) is 0 Å². The molecule has 94 valence electrons. The third kappa shape index (κ3) is 2.52. The summed E-state index contributed by atoms with van der Waals surface area (Å²) in [6, 6.07) is 1.93. The Morgan fingerprint density at radius 3 is 3.00 bits per heavy atom. The molecule has 1 amide bonds. The van der Waals surface area contributed by atoms with E-state index in [4.69, 9.17) is 9.52 Å². The van der Waals surface area contributed by atoms with Gasteiger partial charge >= 0.3 is 0 Å². The number of furan rings is 1. The molecule has 0 aromatic carbocycles. The van der Waals surface area contributed by atoms with E-state index < -0.39 is 6.61 Å². The summed E-state index contributed by atoms with van der Waals surface area (Å²) in [6.45, 7) is 5.76. The monoisotopic (exact) mass is 237 g/mol. The Bertz CT molecular complexity index is 434. The maximum Gasteiger partial charge on any atom is 0.246 e. The lowest BCUT2D eigenvalue weighted by Crippen LogP contribution is -2.37. The minimum absolute atomic E-state index is 0.0501. The van der Waals surface area contributed by atoms with Gasteiger partial charge in [0.1, 0.15) is 18.1 Å². The van der Waals surface area contributed by atoms with Crippen LogP contribution in [-0.4, -0.2) is 17.6 Å². The van der Waals surface area contributed by atoms with Crippen molar-refractivity contribution in [2.24, 2.45) is 5.41 Å². The predicted octanol–water partition coefficient (Wildman–Crippen LogP) is 1.71. The van der Waals surface area contributed by atoms with Crippen molar-refractivity contribution in [3.05, 3.63) is 23.2 Å². The molecule has 1 heterocycles. The number of aliphatic hydroxyl groups is 1. The molecule has 0 radical (unpaired) electrons. The van der Waals surface area contributed by atoms with Gasteiger partial charge in [0.05, 0.1) is 6.04 Å². The molecular weight excluding hydrogens is 218 g/mol. The molecule has 0 spiro atoms. The Labute approximate surface area is 101 Å². The van der Waals surface area contributed by atoms with Gasteiger partial charge in [-0.25, -0.2) is 0 Å². The molecule has 1 aromatic rings. The predicted molar refractivity (Wildman–Crippen MR) is 63.5 cm³/mol. The number of amides is 1. The van der Waals surface area contributed by atoms with Crippen molar-refractivity contribution in [3.8, 4) is 0 Å². The molecule has 17 heavy (non-hydrogen) atoms. The summed E-state index contributed by atoms with van der Waals surface area (Å²) in [5.74, 6) is 1.50. The number of aryl methyl sites for hydroxylation is 1. The van der Waals surface area contributed by atoms with Gasteiger partial charge in [-0.15, -0.1) is 0 Å². The van der Waals surface area contributed by atoms with Gasteiger partial charge in [0, 0.05) is 12.0 Å². The molecule has 0 saturated carbocycles. The number of carbonyl (C=O) groups is 1. The quantitative estimate of drug-likeness (QED) is 0.823. The third-order valence-electron chi connectivity index (χ3n) is 3.21. The van der Waals surface area contributed by atoms with Crippen LogP contribution in [0.25, 0.3) is 0 Å². The largest absolute Gasteiger partial charge is 0.466 e. The fourth-order valence-electron chi connectivity index (χ4n) is 2.55. The smallest absolute Gasteiger partial charge is 0.246 e. The van der Waals surface area contributed by atoms with Crippen molar-refractivity contribution in [1.29, 1.82) is 0 Å². The number of rotatable bonds is 2. The van der Waals surface area contributed by atoms with E-state index in [9.17, 15) is 4.79 Å². The Morgan fingerprint density at radius 1 is 1.65 bits per heavy atom. The van der Waals surface area contributed by atoms with Crippen molar-refractivity contribution in [1.82, 2.24) is 5.32 Å². The van der Waals surface area contributed by atoms with Gasteiger partial charge in [-0.3, -0.25) is 4.79 Å². The maximum atomic E-state index is 11.3. The summed E-state index contributed by atoms with van der Waals surface area (Å²) in [7, 11) is 0. The minimum Gasteiger partial charge on any atom is -0.466 e. The highest BCUT2D eigenvalue weighted by molar-refractivity contribution is 5.77. The van der Waals surface area contributed by atoms with Crippen LogP contribution in [0.3, 0.4) is 0 Å². The Morgan fingerprint density at radius 2 is 2.35 bits per heavy atom. The van der Waals surface area contributed by atoms with E-state index in [1.165, 1.54) is 0 Å². The highest BCUT2D eigenvalue weighted by Gasteiger charge is 2.35. The minimum atomic E-state index is -0.469. The fraction of sp³-hybridized carbons (Fsp3) is 0.615. The van der Waals surface area contributed by atoms with E-state index in [-0.39, 0.29) is 17.4 Å². The van der Waals surface area contributed by atoms with E-state index in [1.54, 1.807) is 0 Å². The third-order valence-corrected chi connectivity index (χ3v) is 3.21. The average Bonchev–Trinajstić information content (AvgIpc) is 2.56. The fourth-order valence-corrected chi connectivity index (χ4v) is 2.55. The normalized spacial score (nSPS) is 22.0. The van der Waals surface area contributed by atoms with Crippen LogP contribution >= 0.6 is 0 Å². The second-order valence-corrected chi connectivity index (χ2v) is 5.56. The van der Waals surface area contributed by atoms with Gasteiger partial charge in [0.25, 0.3) is 0 Å². The zero-order chi connectivity index (χ0) is 12.6. The standard InChI is InChI=1S/C13H19NO3/c1-8-4-9-10(14-12(16)7-15)5-13(2,3)6-11(9)17-8/h4,10,15H,5-7H2,1-3H3,(H,14,16). The first-order valence-corrected chi connectivity index (χ1v) is 5.91. The second-order valence-electron chi connectivity index (χ2n) is 5.56. The highest BCUT2D eigenvalue weighted by Crippen LogP contribution is 2.41. The van der Waals surface area contributed by atoms with Crippen LogP contribution in [0.15, 0.2) is 10.5 Å². The molecule has 1 unspecified atom stereocenters. The average molecular weight is 237 g/mol. The van der Waals surface area contributed by atoms with Crippen molar-refractivity contribution < 1.29 is 14.3 Å². The van der Waals surface area contributed by atoms with E-state index in [1.807, 2.05) is 13.0 Å². The molecule has 0 aliphatic heterocycles. The van der Waals surface area contributed by atoms with Crippen LogP contribution in [0, 0.1) is 12.3 Å². The molecule has 2 N–H and O–H groups in total. The first-order chi connectivity index (χ1) is 7.91. The first kappa shape index (κ1) is 12.2. The van der Waals surface area contributed by atoms with E-state index in [2.05, 4.69) is 19.2 Å². The number of nitrogens with one attached hydrogen (secondary N) is 1. The lowest BCUT2D eigenvalue weighted by molar-refractivity contribution is -0.124. The van der Waals surface area contributed by atoms with Gasteiger partial charge in [0.15, 0.2) is 0 Å². The maximum absolute atomic E-state index is 11.3. The SMILES string of the molecule is Cc1cc2c(o1)CC(C)(C)CC2NC(=O)CO. The number of carbonyl (C=O) groups excluding carboxylic acids is 1. The Hall–Kier alpha value is -1.29. The first-order valence-electron chi connectivity index (χ1n) is 5.91. The summed E-state index contributed by atoms with van der Waals surface area (Å²) >= 11 is 0. The van der Waals surface area contributed by atoms with Crippen LogP contribution in [-0.2, 0) is 11.2 Å². The van der Waals surface area contributed by atoms with Gasteiger partial charge in [-0.05, 0) is 24.8 Å². The van der Waals surface area contributed by atoms with Gasteiger partial charge in [0.2, 0.25) is 5.91 Å². The summed E-state index contributed by atoms with van der Waals surface area (Å²) in [6.07, 6.45) is 1.76. The van der Waals surface area contributed by atoms with Crippen molar-refractivity contribution in [3.63, 3.8) is 0 Å². The lowest BCUT2D eigenvalue weighted by Gasteiger charge is -2.34. The highest BCUT2D eigenvalue weighted by atomic mass is 16.3. The molecule has 0 saturated heterocycles. The lowest BCUT2D eigenvalue weighted by atomic mass is 9.74.